The second kappa shape index (κ2) is 7.21. The highest BCUT2D eigenvalue weighted by Gasteiger charge is 2.26. The summed E-state index contributed by atoms with van der Waals surface area (Å²) in [5, 5.41) is 5.34. The minimum atomic E-state index is -3.58. The van der Waals surface area contributed by atoms with Crippen LogP contribution in [0.2, 0.25) is 0 Å². The van der Waals surface area contributed by atoms with Gasteiger partial charge < -0.3 is 0 Å². The molecule has 0 spiro atoms. The number of sulfonamides is 1. The highest BCUT2D eigenvalue weighted by molar-refractivity contribution is 7.91. The second-order valence-corrected chi connectivity index (χ2v) is 9.85. The Kier molecular flexibility index (Phi) is 4.92. The van der Waals surface area contributed by atoms with E-state index in [4.69, 9.17) is 0 Å². The SMILES string of the molecule is CCCn1nc2n(c1=O)CCC(NS(=O)(=O)c1cc3ccccc3s1)CC2. The molecule has 1 aromatic carbocycles. The lowest BCUT2D eigenvalue weighted by molar-refractivity contribution is 0.484. The summed E-state index contributed by atoms with van der Waals surface area (Å²) in [6, 6.07) is 9.15. The molecule has 144 valence electrons. The summed E-state index contributed by atoms with van der Waals surface area (Å²) >= 11 is 1.28. The van der Waals surface area contributed by atoms with Crippen LogP contribution < -0.4 is 10.4 Å². The van der Waals surface area contributed by atoms with Crippen molar-refractivity contribution in [2.24, 2.45) is 0 Å². The number of aryl methyl sites for hydroxylation is 2. The van der Waals surface area contributed by atoms with Crippen molar-refractivity contribution >= 4 is 31.4 Å². The summed E-state index contributed by atoms with van der Waals surface area (Å²) in [4.78, 5) is 12.4. The number of hydrogen-bond acceptors (Lipinski definition) is 5. The molecule has 0 amide bonds. The van der Waals surface area contributed by atoms with Crippen LogP contribution in [-0.4, -0.2) is 28.8 Å². The molecule has 3 aromatic rings. The van der Waals surface area contributed by atoms with Crippen molar-refractivity contribution < 1.29 is 8.42 Å². The maximum absolute atomic E-state index is 12.8. The predicted octanol–water partition coefficient (Wildman–Crippen LogP) is 2.35. The van der Waals surface area contributed by atoms with Gasteiger partial charge in [-0.2, -0.15) is 5.10 Å². The molecule has 3 heterocycles. The Morgan fingerprint density at radius 2 is 2.11 bits per heavy atom. The third-order valence-corrected chi connectivity index (χ3v) is 7.95. The molecule has 0 saturated heterocycles. The molecule has 2 aromatic heterocycles. The summed E-state index contributed by atoms with van der Waals surface area (Å²) in [7, 11) is -3.58. The number of thiophene rings is 1. The third kappa shape index (κ3) is 3.59. The number of hydrogen-bond donors (Lipinski definition) is 1. The van der Waals surface area contributed by atoms with Crippen LogP contribution in [0.1, 0.15) is 32.0 Å². The summed E-state index contributed by atoms with van der Waals surface area (Å²) in [5.41, 5.74) is -0.0973. The van der Waals surface area contributed by atoms with Crippen LogP contribution in [0.15, 0.2) is 39.3 Å². The molecule has 1 aliphatic rings. The van der Waals surface area contributed by atoms with E-state index in [2.05, 4.69) is 9.82 Å². The quantitative estimate of drug-likeness (QED) is 0.705. The topological polar surface area (TPSA) is 86.0 Å². The Morgan fingerprint density at radius 1 is 1.30 bits per heavy atom. The second-order valence-electron chi connectivity index (χ2n) is 6.82. The highest BCUT2D eigenvalue weighted by atomic mass is 32.2. The van der Waals surface area contributed by atoms with Crippen LogP contribution in [-0.2, 0) is 29.5 Å². The number of aromatic nitrogens is 3. The van der Waals surface area contributed by atoms with Crippen LogP contribution in [0.4, 0.5) is 0 Å². The molecule has 0 bridgehead atoms. The molecule has 27 heavy (non-hydrogen) atoms. The van der Waals surface area contributed by atoms with Gasteiger partial charge in [0.2, 0.25) is 10.0 Å². The molecular weight excluding hydrogens is 384 g/mol. The van der Waals surface area contributed by atoms with E-state index in [0.29, 0.717) is 36.6 Å². The molecule has 1 unspecified atom stereocenters. The average molecular weight is 407 g/mol. The Hall–Kier alpha value is -1.97. The normalized spacial score (nSPS) is 17.7. The largest absolute Gasteiger partial charge is 0.345 e. The summed E-state index contributed by atoms with van der Waals surface area (Å²) in [6.07, 6.45) is 2.65. The Bertz CT molecular complexity index is 1090. The predicted molar refractivity (Wildman–Crippen MR) is 106 cm³/mol. The van der Waals surface area contributed by atoms with Gasteiger partial charge in [0.25, 0.3) is 0 Å². The fourth-order valence-corrected chi connectivity index (χ4v) is 6.19. The Morgan fingerprint density at radius 3 is 2.89 bits per heavy atom. The van der Waals surface area contributed by atoms with Crippen molar-refractivity contribution in [3.8, 4) is 0 Å². The lowest BCUT2D eigenvalue weighted by atomic mass is 10.1. The molecule has 7 nitrogen and oxygen atoms in total. The van der Waals surface area contributed by atoms with Crippen LogP contribution in [0, 0.1) is 0 Å². The molecule has 0 aliphatic carbocycles. The molecule has 1 N–H and O–H groups in total. The Balaban J connectivity index is 1.51. The standard InChI is InChI=1S/C18H22N4O3S2/c1-2-10-22-18(23)21-11-9-14(7-8-16(21)19-22)20-27(24,25)17-12-13-5-3-4-6-15(13)26-17/h3-6,12,14,20H,2,7-11H2,1H3. The van der Waals surface area contributed by atoms with Gasteiger partial charge in [0.15, 0.2) is 0 Å². The maximum atomic E-state index is 12.8. The molecule has 0 fully saturated rings. The minimum Gasteiger partial charge on any atom is -0.279 e. The Labute approximate surface area is 161 Å². The van der Waals surface area contributed by atoms with Gasteiger partial charge in [-0.1, -0.05) is 25.1 Å². The van der Waals surface area contributed by atoms with Gasteiger partial charge in [0, 0.05) is 30.3 Å². The van der Waals surface area contributed by atoms with Crippen molar-refractivity contribution in [3.05, 3.63) is 46.6 Å². The van der Waals surface area contributed by atoms with Crippen molar-refractivity contribution in [3.63, 3.8) is 0 Å². The van der Waals surface area contributed by atoms with Crippen LogP contribution in [0.5, 0.6) is 0 Å². The number of rotatable bonds is 5. The fourth-order valence-electron chi connectivity index (χ4n) is 3.47. The van der Waals surface area contributed by atoms with Gasteiger partial charge in [-0.05, 0) is 36.8 Å². The zero-order valence-corrected chi connectivity index (χ0v) is 16.7. The van der Waals surface area contributed by atoms with E-state index in [1.165, 1.54) is 16.0 Å². The lowest BCUT2D eigenvalue weighted by Crippen LogP contribution is -2.35. The number of fused-ring (bicyclic) bond motifs is 2. The summed E-state index contributed by atoms with van der Waals surface area (Å²) in [5.74, 6) is 0.747. The van der Waals surface area contributed by atoms with Gasteiger partial charge in [0.1, 0.15) is 10.0 Å². The van der Waals surface area contributed by atoms with E-state index in [0.717, 1.165) is 22.3 Å². The molecule has 0 saturated carbocycles. The number of benzene rings is 1. The van der Waals surface area contributed by atoms with Gasteiger partial charge >= 0.3 is 5.69 Å². The summed E-state index contributed by atoms with van der Waals surface area (Å²) in [6.45, 7) is 3.11. The van der Waals surface area contributed by atoms with Crippen molar-refractivity contribution in [1.29, 1.82) is 0 Å². The van der Waals surface area contributed by atoms with E-state index in [1.54, 1.807) is 10.6 Å². The summed E-state index contributed by atoms with van der Waals surface area (Å²) < 4.78 is 32.9. The van der Waals surface area contributed by atoms with E-state index < -0.39 is 10.0 Å². The first kappa shape index (κ1) is 18.4. The molecule has 1 atom stereocenters. The van der Waals surface area contributed by atoms with Gasteiger partial charge in [-0.15, -0.1) is 11.3 Å². The van der Waals surface area contributed by atoms with Crippen molar-refractivity contribution in [2.45, 2.75) is 55.9 Å². The lowest BCUT2D eigenvalue weighted by Gasteiger charge is -2.15. The van der Waals surface area contributed by atoms with Gasteiger partial charge in [0.05, 0.1) is 0 Å². The first-order valence-electron chi connectivity index (χ1n) is 9.15. The van der Waals surface area contributed by atoms with Crippen molar-refractivity contribution in [2.75, 3.05) is 0 Å². The zero-order chi connectivity index (χ0) is 19.0. The van der Waals surface area contributed by atoms with Crippen LogP contribution >= 0.6 is 11.3 Å². The van der Waals surface area contributed by atoms with Crippen LogP contribution in [0.25, 0.3) is 10.1 Å². The first-order valence-corrected chi connectivity index (χ1v) is 11.5. The van der Waals surface area contributed by atoms with E-state index >= 15 is 0 Å². The average Bonchev–Trinajstić information content (AvgIpc) is 3.14. The molecular formula is C18H22N4O3S2. The van der Waals surface area contributed by atoms with Crippen molar-refractivity contribution in [1.82, 2.24) is 19.1 Å². The number of nitrogens with zero attached hydrogens (tertiary/aromatic N) is 3. The fraction of sp³-hybridized carbons (Fsp3) is 0.444. The molecule has 0 radical (unpaired) electrons. The van der Waals surface area contributed by atoms with E-state index in [9.17, 15) is 13.2 Å². The monoisotopic (exact) mass is 406 g/mol. The van der Waals surface area contributed by atoms with E-state index in [1.807, 2.05) is 31.2 Å². The molecule has 1 aliphatic heterocycles. The smallest absolute Gasteiger partial charge is 0.279 e. The minimum absolute atomic E-state index is 0.0973. The molecule has 4 rings (SSSR count). The zero-order valence-electron chi connectivity index (χ0n) is 15.1. The molecule has 9 heteroatoms. The van der Waals surface area contributed by atoms with Gasteiger partial charge in [-0.25, -0.2) is 22.6 Å². The first-order chi connectivity index (χ1) is 13.0. The third-order valence-electron chi connectivity index (χ3n) is 4.84. The number of nitrogens with one attached hydrogen (secondary N) is 1. The van der Waals surface area contributed by atoms with Crippen LogP contribution in [0.3, 0.4) is 0 Å². The maximum Gasteiger partial charge on any atom is 0.345 e. The van der Waals surface area contributed by atoms with Gasteiger partial charge in [-0.3, -0.25) is 4.57 Å². The van der Waals surface area contributed by atoms with E-state index in [-0.39, 0.29) is 11.7 Å². The highest BCUT2D eigenvalue weighted by Crippen LogP contribution is 2.29.